The number of ether oxygens (including phenoxy) is 2. The molecular formula is C34H32ClF3N4O6. The fraction of sp³-hybridized carbons (Fsp3) is 0.265. The summed E-state index contributed by atoms with van der Waals surface area (Å²) in [4.78, 5) is 57.3. The number of esters is 1. The molecule has 0 unspecified atom stereocenters. The van der Waals surface area contributed by atoms with Gasteiger partial charge in [0.1, 0.15) is 13.2 Å². The van der Waals surface area contributed by atoms with E-state index in [1.165, 1.54) is 23.1 Å². The zero-order chi connectivity index (χ0) is 34.8. The summed E-state index contributed by atoms with van der Waals surface area (Å²) in [7, 11) is 0. The number of alkyl halides is 3. The molecule has 14 heteroatoms. The van der Waals surface area contributed by atoms with Crippen molar-refractivity contribution in [1.29, 1.82) is 0 Å². The summed E-state index contributed by atoms with van der Waals surface area (Å²) in [5.74, 6) is -1.66. The van der Waals surface area contributed by atoms with Gasteiger partial charge in [0, 0.05) is 28.8 Å². The lowest BCUT2D eigenvalue weighted by atomic mass is 10.0. The van der Waals surface area contributed by atoms with E-state index in [4.69, 9.17) is 21.1 Å². The monoisotopic (exact) mass is 684 g/mol. The standard InChI is InChI=1S/C34H32ClF3N4O6/c1-21(2)19-47-30(44)13-8-16-39-29(43)18-42-28-12-7-6-11-24(28)31(22-9-4-3-5-10-22)40-27(32(42)45)20-48-33(46)41-26-15-14-23(35)17-25(26)34(36,37)38/h3-15,17,21,27H,16,18-20H2,1-2H3,(H,39,43)(H,41,46)/b13-8+/t27-/m1/s1. The van der Waals surface area contributed by atoms with Crippen molar-refractivity contribution in [3.05, 3.63) is 107 Å². The van der Waals surface area contributed by atoms with E-state index < -0.39 is 60.5 Å². The van der Waals surface area contributed by atoms with Crippen LogP contribution in [0.2, 0.25) is 5.02 Å². The van der Waals surface area contributed by atoms with Gasteiger partial charge in [-0.05, 0) is 30.2 Å². The molecule has 0 spiro atoms. The van der Waals surface area contributed by atoms with E-state index in [1.807, 2.05) is 13.8 Å². The SMILES string of the molecule is CC(C)COC(=O)/C=C/CNC(=O)CN1C(=O)[C@@H](COC(=O)Nc2ccc(Cl)cc2C(F)(F)F)N=C(c2ccccc2)c2ccccc21. The van der Waals surface area contributed by atoms with Gasteiger partial charge < -0.3 is 19.7 Å². The Hall–Kier alpha value is -5.17. The molecule has 1 aliphatic heterocycles. The van der Waals surface area contributed by atoms with Crippen molar-refractivity contribution in [2.45, 2.75) is 26.1 Å². The molecule has 10 nitrogen and oxygen atoms in total. The van der Waals surface area contributed by atoms with Gasteiger partial charge in [-0.25, -0.2) is 9.59 Å². The molecule has 0 aliphatic carbocycles. The quantitative estimate of drug-likeness (QED) is 0.188. The van der Waals surface area contributed by atoms with Gasteiger partial charge in [0.15, 0.2) is 6.04 Å². The molecule has 0 saturated carbocycles. The van der Waals surface area contributed by atoms with Gasteiger partial charge in [0.2, 0.25) is 5.91 Å². The maximum atomic E-state index is 13.9. The highest BCUT2D eigenvalue weighted by Crippen LogP contribution is 2.36. The number of rotatable bonds is 11. The minimum atomic E-state index is -4.82. The molecule has 252 valence electrons. The average molecular weight is 685 g/mol. The second-order valence-electron chi connectivity index (χ2n) is 10.9. The smallest absolute Gasteiger partial charge is 0.418 e. The minimum absolute atomic E-state index is 0.0254. The van der Waals surface area contributed by atoms with Crippen molar-refractivity contribution in [1.82, 2.24) is 5.32 Å². The number of aliphatic imine (C=N–C) groups is 1. The van der Waals surface area contributed by atoms with Crippen LogP contribution in [-0.2, 0) is 30.0 Å². The Labute approximate surface area is 279 Å². The zero-order valence-electron chi connectivity index (χ0n) is 25.9. The van der Waals surface area contributed by atoms with Crippen molar-refractivity contribution in [3.63, 3.8) is 0 Å². The lowest BCUT2D eigenvalue weighted by molar-refractivity contribution is -0.139. The number of para-hydroxylation sites is 1. The number of amides is 3. The number of carbonyl (C=O) groups is 4. The number of fused-ring (bicyclic) bond motifs is 1. The first-order chi connectivity index (χ1) is 22.8. The van der Waals surface area contributed by atoms with E-state index in [-0.39, 0.29) is 24.1 Å². The summed E-state index contributed by atoms with van der Waals surface area (Å²) >= 11 is 5.72. The van der Waals surface area contributed by atoms with Gasteiger partial charge in [0.25, 0.3) is 5.91 Å². The van der Waals surface area contributed by atoms with Gasteiger partial charge in [-0.1, -0.05) is 80.1 Å². The zero-order valence-corrected chi connectivity index (χ0v) is 26.7. The van der Waals surface area contributed by atoms with Gasteiger partial charge in [-0.3, -0.25) is 19.9 Å². The maximum Gasteiger partial charge on any atom is 0.418 e. The minimum Gasteiger partial charge on any atom is -0.462 e. The number of benzodiazepines with no additional fused rings is 1. The number of hydrogen-bond acceptors (Lipinski definition) is 7. The predicted octanol–water partition coefficient (Wildman–Crippen LogP) is 6.03. The number of carbonyl (C=O) groups excluding carboxylic acids is 4. The summed E-state index contributed by atoms with van der Waals surface area (Å²) in [6, 6.07) is 17.1. The molecule has 1 heterocycles. The van der Waals surface area contributed by atoms with Crippen LogP contribution in [0.15, 0.2) is 89.9 Å². The first kappa shape index (κ1) is 35.7. The van der Waals surface area contributed by atoms with Crippen molar-refractivity contribution < 1.29 is 41.8 Å². The Bertz CT molecular complexity index is 1710. The van der Waals surface area contributed by atoms with Gasteiger partial charge in [0.05, 0.1) is 29.3 Å². The van der Waals surface area contributed by atoms with Crippen LogP contribution in [0.5, 0.6) is 0 Å². The van der Waals surface area contributed by atoms with Crippen LogP contribution in [-0.4, -0.2) is 61.9 Å². The van der Waals surface area contributed by atoms with Gasteiger partial charge >= 0.3 is 18.2 Å². The van der Waals surface area contributed by atoms with Crippen molar-refractivity contribution in [2.24, 2.45) is 10.9 Å². The third kappa shape index (κ3) is 9.67. The second-order valence-corrected chi connectivity index (χ2v) is 11.4. The van der Waals surface area contributed by atoms with Gasteiger partial charge in [-0.2, -0.15) is 13.2 Å². The second kappa shape index (κ2) is 16.1. The molecule has 1 atom stereocenters. The van der Waals surface area contributed by atoms with Crippen LogP contribution in [0.1, 0.15) is 30.5 Å². The summed E-state index contributed by atoms with van der Waals surface area (Å²) < 4.78 is 50.9. The Morgan fingerprint density at radius 3 is 2.44 bits per heavy atom. The summed E-state index contributed by atoms with van der Waals surface area (Å²) in [6.07, 6.45) is -3.49. The van der Waals surface area contributed by atoms with Crippen LogP contribution in [0.3, 0.4) is 0 Å². The molecule has 48 heavy (non-hydrogen) atoms. The molecule has 0 fully saturated rings. The Morgan fingerprint density at radius 2 is 1.73 bits per heavy atom. The normalized spacial score (nSPS) is 14.6. The van der Waals surface area contributed by atoms with E-state index in [2.05, 4.69) is 15.6 Å². The number of hydrogen-bond donors (Lipinski definition) is 2. The highest BCUT2D eigenvalue weighted by atomic mass is 35.5. The molecule has 0 radical (unpaired) electrons. The summed E-state index contributed by atoms with van der Waals surface area (Å²) in [6.45, 7) is 2.90. The molecule has 1 aliphatic rings. The van der Waals surface area contributed by atoms with Crippen LogP contribution in [0.4, 0.5) is 29.3 Å². The predicted molar refractivity (Wildman–Crippen MR) is 174 cm³/mol. The summed E-state index contributed by atoms with van der Waals surface area (Å²) in [5.41, 5.74) is 0.0965. The number of halogens is 4. The Balaban J connectivity index is 1.56. The van der Waals surface area contributed by atoms with Crippen molar-refractivity contribution >= 4 is 52.6 Å². The number of anilines is 2. The van der Waals surface area contributed by atoms with E-state index in [0.717, 1.165) is 6.07 Å². The van der Waals surface area contributed by atoms with Crippen LogP contribution in [0, 0.1) is 5.92 Å². The largest absolute Gasteiger partial charge is 0.462 e. The number of benzene rings is 3. The lowest BCUT2D eigenvalue weighted by Crippen LogP contribution is -2.46. The van der Waals surface area contributed by atoms with Gasteiger partial charge in [-0.15, -0.1) is 0 Å². The van der Waals surface area contributed by atoms with Crippen LogP contribution < -0.4 is 15.5 Å². The molecule has 4 rings (SSSR count). The summed E-state index contributed by atoms with van der Waals surface area (Å²) in [5, 5.41) is 4.48. The molecule has 2 N–H and O–H groups in total. The maximum absolute atomic E-state index is 13.9. The molecule has 3 aromatic rings. The molecule has 0 bridgehead atoms. The van der Waals surface area contributed by atoms with E-state index in [9.17, 15) is 32.3 Å². The van der Waals surface area contributed by atoms with Crippen LogP contribution in [0.25, 0.3) is 0 Å². The average Bonchev–Trinajstić information content (AvgIpc) is 3.16. The fourth-order valence-corrected chi connectivity index (χ4v) is 4.74. The number of nitrogens with zero attached hydrogens (tertiary/aromatic N) is 2. The molecular weight excluding hydrogens is 653 g/mol. The van der Waals surface area contributed by atoms with E-state index in [0.29, 0.717) is 28.6 Å². The first-order valence-electron chi connectivity index (χ1n) is 14.8. The number of nitrogens with one attached hydrogen (secondary N) is 2. The van der Waals surface area contributed by atoms with Crippen LogP contribution >= 0.6 is 11.6 Å². The lowest BCUT2D eigenvalue weighted by Gasteiger charge is -2.24. The van der Waals surface area contributed by atoms with Crippen molar-refractivity contribution in [2.75, 3.05) is 36.5 Å². The fourth-order valence-electron chi connectivity index (χ4n) is 4.57. The highest BCUT2D eigenvalue weighted by Gasteiger charge is 2.36. The Morgan fingerprint density at radius 1 is 1.02 bits per heavy atom. The first-order valence-corrected chi connectivity index (χ1v) is 15.2. The molecule has 0 saturated heterocycles. The van der Waals surface area contributed by atoms with E-state index in [1.54, 1.807) is 54.6 Å². The Kier molecular flexibility index (Phi) is 12.0. The molecule has 3 amide bonds. The van der Waals surface area contributed by atoms with Crippen molar-refractivity contribution in [3.8, 4) is 0 Å². The topological polar surface area (TPSA) is 126 Å². The molecule has 0 aromatic heterocycles. The third-order valence-electron chi connectivity index (χ3n) is 6.76. The molecule has 3 aromatic carbocycles. The van der Waals surface area contributed by atoms with E-state index >= 15 is 0 Å². The highest BCUT2D eigenvalue weighted by molar-refractivity contribution is 6.30. The third-order valence-corrected chi connectivity index (χ3v) is 7.00.